The molecule has 0 aliphatic carbocycles. The van der Waals surface area contributed by atoms with E-state index in [1.807, 2.05) is 33.8 Å². The van der Waals surface area contributed by atoms with Gasteiger partial charge >= 0.3 is 5.97 Å². The van der Waals surface area contributed by atoms with E-state index >= 15 is 0 Å². The minimum absolute atomic E-state index is 0.184. The van der Waals surface area contributed by atoms with E-state index in [4.69, 9.17) is 15.2 Å². The lowest BCUT2D eigenvalue weighted by Gasteiger charge is -2.21. The Kier molecular flexibility index (Phi) is 9.72. The number of cyclic esters (lactones) is 1. The molecule has 4 rings (SSSR count). The van der Waals surface area contributed by atoms with E-state index < -0.39 is 10.8 Å². The molecule has 0 saturated heterocycles. The minimum atomic E-state index is -0.859. The van der Waals surface area contributed by atoms with E-state index in [-0.39, 0.29) is 18.1 Å². The molecule has 0 spiro atoms. The molecule has 0 fully saturated rings. The minimum Gasteiger partial charge on any atom is -0.477 e. The molecule has 9 nitrogen and oxygen atoms in total. The number of hydrogen-bond acceptors (Lipinski definition) is 9. The van der Waals surface area contributed by atoms with Crippen LogP contribution in [0.3, 0.4) is 0 Å². The predicted molar refractivity (Wildman–Crippen MR) is 143 cm³/mol. The first-order valence-corrected chi connectivity index (χ1v) is 14.0. The number of nitrogens with one attached hydrogen (secondary N) is 1. The van der Waals surface area contributed by atoms with Crippen LogP contribution >= 0.6 is 0 Å². The highest BCUT2D eigenvalue weighted by Crippen LogP contribution is 2.32. The molecule has 1 aliphatic rings. The Balaban J connectivity index is 0.00000176. The van der Waals surface area contributed by atoms with Gasteiger partial charge in [0.1, 0.15) is 17.7 Å². The van der Waals surface area contributed by atoms with Crippen LogP contribution in [-0.2, 0) is 22.0 Å². The van der Waals surface area contributed by atoms with E-state index in [0.29, 0.717) is 54.0 Å². The van der Waals surface area contributed by atoms with Crippen LogP contribution < -0.4 is 15.8 Å². The average molecular weight is 514 g/mol. The smallest absolute Gasteiger partial charge is 0.340 e. The Labute approximate surface area is 214 Å². The molecule has 0 amide bonds. The van der Waals surface area contributed by atoms with Gasteiger partial charge in [-0.2, -0.15) is 0 Å². The fraction of sp³-hybridized carbons (Fsp3) is 0.462. The Morgan fingerprint density at radius 1 is 1.22 bits per heavy atom. The number of carbonyl (C=O) groups excluding carboxylic acids is 1. The molecule has 3 unspecified atom stereocenters. The lowest BCUT2D eigenvalue weighted by molar-refractivity contribution is 0.0297. The number of aromatic nitrogens is 3. The summed E-state index contributed by atoms with van der Waals surface area (Å²) in [6, 6.07) is 5.18. The first-order valence-electron chi connectivity index (χ1n) is 12.3. The van der Waals surface area contributed by atoms with Crippen LogP contribution in [0, 0.1) is 0 Å². The predicted octanol–water partition coefficient (Wildman–Crippen LogP) is 4.45. The van der Waals surface area contributed by atoms with Crippen LogP contribution in [0.2, 0.25) is 0 Å². The molecular weight excluding hydrogens is 478 g/mol. The van der Waals surface area contributed by atoms with E-state index in [1.54, 1.807) is 30.8 Å². The normalized spacial score (nSPS) is 16.3. The molecule has 3 aromatic heterocycles. The van der Waals surface area contributed by atoms with Crippen molar-refractivity contribution in [3.8, 4) is 5.88 Å². The van der Waals surface area contributed by atoms with Crippen LogP contribution in [0.15, 0.2) is 30.6 Å². The first kappa shape index (κ1) is 27.5. The summed E-state index contributed by atoms with van der Waals surface area (Å²) in [5.74, 6) is 1.89. The lowest BCUT2D eigenvalue weighted by atomic mass is 10.0. The molecule has 0 bridgehead atoms. The van der Waals surface area contributed by atoms with Crippen LogP contribution in [0.5, 0.6) is 5.88 Å². The van der Waals surface area contributed by atoms with E-state index in [0.717, 1.165) is 22.8 Å². The second-order valence-electron chi connectivity index (χ2n) is 8.36. The van der Waals surface area contributed by atoms with Gasteiger partial charge in [-0.15, -0.1) is 0 Å². The average Bonchev–Trinajstić information content (AvgIpc) is 2.86. The number of hydrogen-bond donors (Lipinski definition) is 2. The third-order valence-corrected chi connectivity index (χ3v) is 6.52. The van der Waals surface area contributed by atoms with Crippen molar-refractivity contribution in [3.63, 3.8) is 0 Å². The number of ether oxygens (including phenoxy) is 2. The summed E-state index contributed by atoms with van der Waals surface area (Å²) in [5.41, 5.74) is 8.46. The van der Waals surface area contributed by atoms with Crippen molar-refractivity contribution in [1.29, 1.82) is 0 Å². The van der Waals surface area contributed by atoms with Crippen LogP contribution in [0.4, 0.5) is 11.6 Å². The quantitative estimate of drug-likeness (QED) is 0.315. The van der Waals surface area contributed by atoms with Crippen molar-refractivity contribution in [1.82, 2.24) is 15.0 Å². The van der Waals surface area contributed by atoms with Crippen LogP contribution in [0.25, 0.3) is 10.8 Å². The summed E-state index contributed by atoms with van der Waals surface area (Å²) in [4.78, 5) is 25.7. The number of esters is 1. The summed E-state index contributed by atoms with van der Waals surface area (Å²) >= 11 is 0. The topological polar surface area (TPSA) is 129 Å². The van der Waals surface area contributed by atoms with Gasteiger partial charge in [0.25, 0.3) is 0 Å². The van der Waals surface area contributed by atoms with Gasteiger partial charge in [-0.3, -0.25) is 4.21 Å². The second-order valence-corrected chi connectivity index (χ2v) is 9.92. The molecule has 10 heteroatoms. The van der Waals surface area contributed by atoms with Crippen molar-refractivity contribution < 1.29 is 18.5 Å². The zero-order valence-electron chi connectivity index (χ0n) is 21.5. The molecule has 3 atom stereocenters. The molecule has 3 N–H and O–H groups in total. The molecule has 0 radical (unpaired) electrons. The Hall–Kier alpha value is -3.11. The molecule has 0 aromatic carbocycles. The maximum atomic E-state index is 12.1. The highest BCUT2D eigenvalue weighted by Gasteiger charge is 2.25. The third kappa shape index (κ3) is 6.55. The molecule has 1 aliphatic heterocycles. The summed E-state index contributed by atoms with van der Waals surface area (Å²) < 4.78 is 22.4. The van der Waals surface area contributed by atoms with Crippen LogP contribution in [-0.4, -0.2) is 49.8 Å². The van der Waals surface area contributed by atoms with Gasteiger partial charge in [-0.1, -0.05) is 20.8 Å². The van der Waals surface area contributed by atoms with Crippen molar-refractivity contribution in [2.45, 2.75) is 59.1 Å². The standard InChI is InChI=1S/C24H29N5O4S.C2H6/c1-4-19(25)17-12-27-23(32-8-5-9-34(3)31)18-13-26-22(11-16(17)18)29-21-7-6-15-20(28-21)10-14(2)33-24(15)30;1-2/h6-7,11-14,19H,4-5,8-10,25H2,1-3H3,(H,26,28,29);1-2H3. The Bertz CT molecular complexity index is 1240. The molecule has 194 valence electrons. The van der Waals surface area contributed by atoms with E-state index in [1.165, 1.54) is 0 Å². The monoisotopic (exact) mass is 513 g/mol. The lowest BCUT2D eigenvalue weighted by Crippen LogP contribution is -2.26. The van der Waals surface area contributed by atoms with Gasteiger partial charge < -0.3 is 20.5 Å². The number of fused-ring (bicyclic) bond motifs is 2. The van der Waals surface area contributed by atoms with Gasteiger partial charge in [0.2, 0.25) is 5.88 Å². The number of nitrogens with two attached hydrogens (primary N) is 1. The number of carbonyl (C=O) groups is 1. The maximum absolute atomic E-state index is 12.1. The van der Waals surface area contributed by atoms with Crippen molar-refractivity contribution >= 4 is 39.2 Å². The van der Waals surface area contributed by atoms with Crippen molar-refractivity contribution in [3.05, 3.63) is 47.4 Å². The van der Waals surface area contributed by atoms with Crippen molar-refractivity contribution in [2.75, 3.05) is 23.9 Å². The zero-order chi connectivity index (χ0) is 26.2. The Morgan fingerprint density at radius 3 is 2.72 bits per heavy atom. The highest BCUT2D eigenvalue weighted by atomic mass is 32.2. The Morgan fingerprint density at radius 2 is 2.00 bits per heavy atom. The molecule has 4 heterocycles. The third-order valence-electron chi connectivity index (χ3n) is 5.66. The fourth-order valence-electron chi connectivity index (χ4n) is 3.87. The fourth-order valence-corrected chi connectivity index (χ4v) is 4.39. The molecule has 36 heavy (non-hydrogen) atoms. The molecular formula is C26H35N5O4S. The maximum Gasteiger partial charge on any atom is 0.340 e. The van der Waals surface area contributed by atoms with Gasteiger partial charge in [0.15, 0.2) is 0 Å². The van der Waals surface area contributed by atoms with E-state index in [2.05, 4.69) is 20.3 Å². The van der Waals surface area contributed by atoms with Crippen LogP contribution in [0.1, 0.15) is 68.2 Å². The molecule has 0 saturated carbocycles. The number of anilines is 2. The second kappa shape index (κ2) is 12.7. The van der Waals surface area contributed by atoms with Gasteiger partial charge in [-0.25, -0.2) is 19.7 Å². The number of nitrogens with zero attached hydrogens (tertiary/aromatic N) is 3. The molecule has 3 aromatic rings. The first-order chi connectivity index (χ1) is 17.4. The SMILES string of the molecule is CC.CCC(N)c1cnc(OCCCS(C)=O)c2cnc(Nc3ccc4c(n3)CC(C)OC4=O)cc12. The highest BCUT2D eigenvalue weighted by molar-refractivity contribution is 7.84. The zero-order valence-corrected chi connectivity index (χ0v) is 22.4. The van der Waals surface area contributed by atoms with Crippen molar-refractivity contribution in [2.24, 2.45) is 5.73 Å². The summed E-state index contributed by atoms with van der Waals surface area (Å²) in [7, 11) is -0.859. The van der Waals surface area contributed by atoms with E-state index in [9.17, 15) is 9.00 Å². The number of pyridine rings is 3. The summed E-state index contributed by atoms with van der Waals surface area (Å²) in [6.45, 7) is 8.29. The van der Waals surface area contributed by atoms with Gasteiger partial charge in [0, 0.05) is 47.7 Å². The number of rotatable bonds is 9. The summed E-state index contributed by atoms with van der Waals surface area (Å²) in [6.07, 6.45) is 6.92. The largest absolute Gasteiger partial charge is 0.477 e. The van der Waals surface area contributed by atoms with Gasteiger partial charge in [-0.05, 0) is 48.9 Å². The summed E-state index contributed by atoms with van der Waals surface area (Å²) in [5, 5.41) is 4.89. The van der Waals surface area contributed by atoms with Gasteiger partial charge in [0.05, 0.1) is 23.3 Å².